The number of imide groups is 1. The van der Waals surface area contributed by atoms with E-state index in [0.717, 1.165) is 17.0 Å². The normalized spacial score (nSPS) is 19.3. The topological polar surface area (TPSA) is 106 Å². The summed E-state index contributed by atoms with van der Waals surface area (Å²) in [7, 11) is 1.66. The predicted molar refractivity (Wildman–Crippen MR) is 92.6 cm³/mol. The van der Waals surface area contributed by atoms with Gasteiger partial charge in [0.25, 0.3) is 5.91 Å². The Labute approximate surface area is 162 Å². The number of alkyl halides is 3. The second-order valence-electron chi connectivity index (χ2n) is 6.47. The average Bonchev–Trinajstić information content (AvgIpc) is 3.14. The average molecular weight is 411 g/mol. The molecule has 29 heavy (non-hydrogen) atoms. The number of nitrogens with one attached hydrogen (secondary N) is 2. The number of amides is 4. The number of nitrogens with zero attached hydrogens (tertiary/aromatic N) is 3. The molecule has 154 valence electrons. The van der Waals surface area contributed by atoms with E-state index in [1.165, 1.54) is 29.9 Å². The maximum atomic E-state index is 12.7. The Hall–Kier alpha value is -3.57. The molecular weight excluding hydrogens is 395 g/mol. The molecule has 1 fully saturated rings. The van der Waals surface area contributed by atoms with Gasteiger partial charge < -0.3 is 15.4 Å². The van der Waals surface area contributed by atoms with Gasteiger partial charge in [0.05, 0.1) is 6.20 Å². The molecule has 9 nitrogen and oxygen atoms in total. The van der Waals surface area contributed by atoms with Crippen molar-refractivity contribution in [2.75, 3.05) is 11.9 Å². The number of carbonyl (C=O) groups is 3. The maximum Gasteiger partial charge on any atom is 0.573 e. The highest BCUT2D eigenvalue weighted by Gasteiger charge is 2.50. The van der Waals surface area contributed by atoms with Crippen LogP contribution in [0.3, 0.4) is 0 Å². The number of rotatable bonds is 5. The lowest BCUT2D eigenvalue weighted by atomic mass is 9.95. The number of aryl methyl sites for hydroxylation is 1. The minimum absolute atomic E-state index is 0.173. The van der Waals surface area contributed by atoms with Crippen LogP contribution in [0.2, 0.25) is 0 Å². The van der Waals surface area contributed by atoms with Crippen LogP contribution in [-0.2, 0) is 22.2 Å². The van der Waals surface area contributed by atoms with Crippen LogP contribution in [0, 0.1) is 0 Å². The van der Waals surface area contributed by atoms with E-state index in [4.69, 9.17) is 0 Å². The van der Waals surface area contributed by atoms with Crippen molar-refractivity contribution in [2.45, 2.75) is 18.8 Å². The van der Waals surface area contributed by atoms with Gasteiger partial charge in [0.1, 0.15) is 17.8 Å². The lowest BCUT2D eigenvalue weighted by molar-refractivity contribution is -0.274. The van der Waals surface area contributed by atoms with Crippen LogP contribution in [0.5, 0.6) is 5.75 Å². The minimum atomic E-state index is -4.82. The molecule has 1 aliphatic rings. The van der Waals surface area contributed by atoms with E-state index in [1.807, 2.05) is 0 Å². The van der Waals surface area contributed by atoms with Crippen LogP contribution in [0.15, 0.2) is 36.7 Å². The molecular formula is C17H16F3N5O4. The fourth-order valence-corrected chi connectivity index (χ4v) is 2.80. The molecule has 3 rings (SSSR count). The summed E-state index contributed by atoms with van der Waals surface area (Å²) in [6.45, 7) is 0.933. The molecule has 1 aliphatic heterocycles. The molecule has 0 aliphatic carbocycles. The Bertz CT molecular complexity index is 957. The van der Waals surface area contributed by atoms with Gasteiger partial charge in [-0.25, -0.2) is 4.79 Å². The van der Waals surface area contributed by atoms with Crippen LogP contribution in [-0.4, -0.2) is 45.4 Å². The third kappa shape index (κ3) is 4.31. The van der Waals surface area contributed by atoms with Crippen LogP contribution >= 0.6 is 0 Å². The van der Waals surface area contributed by atoms with Crippen molar-refractivity contribution >= 4 is 23.5 Å². The molecule has 0 spiro atoms. The molecule has 1 saturated heterocycles. The quantitative estimate of drug-likeness (QED) is 0.729. The van der Waals surface area contributed by atoms with Crippen molar-refractivity contribution in [3.63, 3.8) is 0 Å². The molecule has 0 bridgehead atoms. The lowest BCUT2D eigenvalue weighted by Gasteiger charge is -2.20. The number of anilines is 1. The Balaban J connectivity index is 1.65. The van der Waals surface area contributed by atoms with Gasteiger partial charge in [-0.15, -0.1) is 13.2 Å². The van der Waals surface area contributed by atoms with E-state index in [-0.39, 0.29) is 5.69 Å². The number of hydrogen-bond acceptors (Lipinski definition) is 5. The van der Waals surface area contributed by atoms with Crippen molar-refractivity contribution in [3.05, 3.63) is 42.2 Å². The van der Waals surface area contributed by atoms with Crippen LogP contribution < -0.4 is 15.4 Å². The highest BCUT2D eigenvalue weighted by Crippen LogP contribution is 2.28. The third-order valence-corrected chi connectivity index (χ3v) is 4.23. The summed E-state index contributed by atoms with van der Waals surface area (Å²) >= 11 is 0. The van der Waals surface area contributed by atoms with Crippen LogP contribution in [0.25, 0.3) is 0 Å². The number of carbonyl (C=O) groups excluding carboxylic acids is 3. The summed E-state index contributed by atoms with van der Waals surface area (Å²) in [5, 5.41) is 8.92. The van der Waals surface area contributed by atoms with Crippen LogP contribution in [0.1, 0.15) is 12.5 Å². The van der Waals surface area contributed by atoms with Crippen molar-refractivity contribution in [1.29, 1.82) is 0 Å². The van der Waals surface area contributed by atoms with Gasteiger partial charge >= 0.3 is 12.4 Å². The molecule has 1 aromatic heterocycles. The first-order chi connectivity index (χ1) is 13.5. The standard InChI is InChI=1S/C17H16F3N5O4/c1-16(10-7-21-24(2)8-10)14(27)25(15(28)23-16)9-13(26)22-11-3-5-12(6-4-11)29-17(18,19)20/h3-8H,9H2,1-2H3,(H,22,26)(H,23,28). The molecule has 4 amide bonds. The zero-order valence-corrected chi connectivity index (χ0v) is 15.3. The number of aromatic nitrogens is 2. The highest BCUT2D eigenvalue weighted by atomic mass is 19.4. The molecule has 1 aromatic carbocycles. The third-order valence-electron chi connectivity index (χ3n) is 4.23. The zero-order chi connectivity index (χ0) is 21.4. The van der Waals surface area contributed by atoms with Gasteiger partial charge in [-0.1, -0.05) is 0 Å². The van der Waals surface area contributed by atoms with Gasteiger partial charge in [-0.3, -0.25) is 19.2 Å². The number of ether oxygens (including phenoxy) is 1. The first-order valence-electron chi connectivity index (χ1n) is 8.27. The van der Waals surface area contributed by atoms with Crippen molar-refractivity contribution in [2.24, 2.45) is 7.05 Å². The SMILES string of the molecule is Cn1cc(C2(C)NC(=O)N(CC(=O)Nc3ccc(OC(F)(F)F)cc3)C2=O)cn1. The number of hydrogen-bond donors (Lipinski definition) is 2. The zero-order valence-electron chi connectivity index (χ0n) is 15.3. The van der Waals surface area contributed by atoms with Gasteiger partial charge in [0, 0.05) is 24.5 Å². The van der Waals surface area contributed by atoms with Crippen LogP contribution in [0.4, 0.5) is 23.7 Å². The van der Waals surface area contributed by atoms with Gasteiger partial charge in [0.2, 0.25) is 5.91 Å². The van der Waals surface area contributed by atoms with E-state index >= 15 is 0 Å². The first kappa shape index (κ1) is 20.2. The molecule has 2 heterocycles. The molecule has 0 saturated carbocycles. The number of urea groups is 1. The maximum absolute atomic E-state index is 12.7. The van der Waals surface area contributed by atoms with Crippen molar-refractivity contribution < 1.29 is 32.3 Å². The second kappa shape index (κ2) is 7.11. The number of benzene rings is 1. The summed E-state index contributed by atoms with van der Waals surface area (Å²) in [4.78, 5) is 37.9. The summed E-state index contributed by atoms with van der Waals surface area (Å²) < 4.78 is 41.7. The van der Waals surface area contributed by atoms with Gasteiger partial charge in [-0.2, -0.15) is 5.10 Å². The minimum Gasteiger partial charge on any atom is -0.406 e. The lowest BCUT2D eigenvalue weighted by Crippen LogP contribution is -2.42. The van der Waals surface area contributed by atoms with Crippen molar-refractivity contribution in [1.82, 2.24) is 20.0 Å². The predicted octanol–water partition coefficient (Wildman–Crippen LogP) is 1.72. The number of halogens is 3. The first-order valence-corrected chi connectivity index (χ1v) is 8.27. The van der Waals surface area contributed by atoms with E-state index in [9.17, 15) is 27.6 Å². The largest absolute Gasteiger partial charge is 0.573 e. The van der Waals surface area contributed by atoms with Gasteiger partial charge in [-0.05, 0) is 31.2 Å². The second-order valence-corrected chi connectivity index (χ2v) is 6.47. The van der Waals surface area contributed by atoms with Crippen molar-refractivity contribution in [3.8, 4) is 5.75 Å². The highest BCUT2D eigenvalue weighted by molar-refractivity contribution is 6.10. The van der Waals surface area contributed by atoms with E-state index in [2.05, 4.69) is 20.5 Å². The summed E-state index contributed by atoms with van der Waals surface area (Å²) in [5.41, 5.74) is -0.726. The fourth-order valence-electron chi connectivity index (χ4n) is 2.80. The fraction of sp³-hybridized carbons (Fsp3) is 0.294. The molecule has 1 unspecified atom stereocenters. The molecule has 2 N–H and O–H groups in total. The van der Waals surface area contributed by atoms with E-state index in [1.54, 1.807) is 13.2 Å². The summed E-state index contributed by atoms with van der Waals surface area (Å²) in [5.74, 6) is -1.77. The summed E-state index contributed by atoms with van der Waals surface area (Å²) in [6.07, 6.45) is -1.81. The molecule has 12 heteroatoms. The Morgan fingerprint density at radius 3 is 2.48 bits per heavy atom. The van der Waals surface area contributed by atoms with Gasteiger partial charge in [0.15, 0.2) is 0 Å². The summed E-state index contributed by atoms with van der Waals surface area (Å²) in [6, 6.07) is 3.70. The Kier molecular flexibility index (Phi) is 4.95. The monoisotopic (exact) mass is 411 g/mol. The van der Waals surface area contributed by atoms with E-state index < -0.39 is 42.0 Å². The Morgan fingerprint density at radius 1 is 1.28 bits per heavy atom. The smallest absolute Gasteiger partial charge is 0.406 e. The van der Waals surface area contributed by atoms with E-state index in [0.29, 0.717) is 5.56 Å². The molecule has 2 aromatic rings. The molecule has 1 atom stereocenters. The Morgan fingerprint density at radius 2 is 1.93 bits per heavy atom. The molecule has 0 radical (unpaired) electrons.